The number of anilines is 4. The lowest BCUT2D eigenvalue weighted by Gasteiger charge is -2.32. The number of nitrogens with one attached hydrogen (secondary N) is 8. The van der Waals surface area contributed by atoms with Gasteiger partial charge < -0.3 is 47.4 Å². The van der Waals surface area contributed by atoms with Gasteiger partial charge in [0, 0.05) is 138 Å². The molecule has 0 unspecified atom stereocenters. The Labute approximate surface area is 730 Å². The number of amides is 5. The van der Waals surface area contributed by atoms with E-state index in [0.29, 0.717) is 120 Å². The van der Waals surface area contributed by atoms with Gasteiger partial charge in [-0.2, -0.15) is 0 Å². The minimum Gasteiger partial charge on any atom is -0.355 e. The normalized spacial score (nSPS) is 12.8. The number of hydrogen-bond acceptors (Lipinski definition) is 19. The summed E-state index contributed by atoms with van der Waals surface area (Å²) >= 11 is 31.6. The van der Waals surface area contributed by atoms with Crippen molar-refractivity contribution in [1.29, 1.82) is 0 Å². The Bertz CT molecular complexity index is 6040. The molecule has 24 nitrogen and oxygen atoms in total. The molecule has 1 saturated heterocycles. The van der Waals surface area contributed by atoms with Crippen molar-refractivity contribution in [1.82, 2.24) is 56.0 Å². The van der Waals surface area contributed by atoms with Crippen molar-refractivity contribution in [2.24, 2.45) is 9.98 Å². The van der Waals surface area contributed by atoms with E-state index in [0.717, 1.165) is 95.1 Å². The number of hydrogen-bond donors (Lipinski definition) is 8. The van der Waals surface area contributed by atoms with Gasteiger partial charge in [0.25, 0.3) is 23.6 Å². The number of rotatable bonds is 21. The summed E-state index contributed by atoms with van der Waals surface area (Å²) in [5, 5.41) is 26.9. The monoisotopic (exact) mass is 1740 g/mol. The SMILES string of the molecule is CN1CCN(Cc2ccc(C(=O)Nc3ccc(Cl)c(-c4ccccn4)c3)cc2)C(=O)C1.O=C(Nc1ccc(Cl)c(-c2ccccn2)c1)c1ccc(CNC2=NCCN2)cc1.O=C(Nc1ccc(Cl)c(-c2ccccn2)c1)c1ccc(CNC2=NCCN2)cc1Cl.O=C(Nc1ccc(Cl)c(-c2ccccn2)c1)c1ccc(CS(=O)(=O)c2ccccn2)cc1. The van der Waals surface area contributed by atoms with Crippen molar-refractivity contribution >= 4 is 132 Å². The average molecular weight is 1750 g/mol. The van der Waals surface area contributed by atoms with Crippen LogP contribution in [0.1, 0.15) is 63.7 Å². The molecule has 1 fully saturated rings. The number of aliphatic imine (C=N–C) groups is 2. The number of carbonyl (C=O) groups excluding carboxylic acids is 5. The molecule has 5 amide bonds. The van der Waals surface area contributed by atoms with E-state index in [1.807, 2.05) is 144 Å². The van der Waals surface area contributed by atoms with Crippen LogP contribution < -0.4 is 42.5 Å². The highest BCUT2D eigenvalue weighted by Crippen LogP contribution is 2.35. The number of likely N-dealkylation sites (N-methyl/N-ethyl adjacent to an activating group) is 1. The first-order valence-electron chi connectivity index (χ1n) is 38.5. The molecule has 16 rings (SSSR count). The van der Waals surface area contributed by atoms with E-state index >= 15 is 0 Å². The molecule has 616 valence electrons. The molecule has 122 heavy (non-hydrogen) atoms. The van der Waals surface area contributed by atoms with Crippen LogP contribution in [0.2, 0.25) is 25.1 Å². The van der Waals surface area contributed by atoms with Gasteiger partial charge in [0.1, 0.15) is 0 Å². The van der Waals surface area contributed by atoms with Gasteiger partial charge in [-0.3, -0.25) is 58.8 Å². The molecule has 0 bridgehead atoms. The third-order valence-electron chi connectivity index (χ3n) is 19.1. The van der Waals surface area contributed by atoms with Crippen molar-refractivity contribution in [3.8, 4) is 45.0 Å². The molecule has 30 heteroatoms. The van der Waals surface area contributed by atoms with Crippen molar-refractivity contribution in [2.45, 2.75) is 30.4 Å². The fourth-order valence-electron chi connectivity index (χ4n) is 12.7. The minimum absolute atomic E-state index is 0.0215. The maximum Gasteiger partial charge on any atom is 0.257 e. The lowest BCUT2D eigenvalue weighted by Crippen LogP contribution is -2.48. The van der Waals surface area contributed by atoms with Crippen LogP contribution in [-0.4, -0.2) is 137 Å². The van der Waals surface area contributed by atoms with Crippen LogP contribution in [0.15, 0.2) is 301 Å². The Morgan fingerprint density at radius 1 is 0.393 bits per heavy atom. The number of guanidine groups is 2. The summed E-state index contributed by atoms with van der Waals surface area (Å²) in [6.45, 7) is 7.09. The van der Waals surface area contributed by atoms with E-state index in [-0.39, 0.29) is 40.3 Å². The molecular weight excluding hydrogens is 1660 g/mol. The predicted molar refractivity (Wildman–Crippen MR) is 484 cm³/mol. The molecule has 0 saturated carbocycles. The quantitative estimate of drug-likeness (QED) is 0.0331. The lowest BCUT2D eigenvalue weighted by molar-refractivity contribution is -0.136. The minimum atomic E-state index is -3.56. The van der Waals surface area contributed by atoms with Gasteiger partial charge in [-0.25, -0.2) is 13.4 Å². The fourth-order valence-corrected chi connectivity index (χ4v) is 15.1. The standard InChI is InChI=1S/C24H23ClN4O2.C24H18ClN3O3S.C22H19Cl2N5O.C22H20ClN5O/c1-28-12-13-29(23(30)16-28)15-17-5-7-18(8-6-17)24(31)27-19-9-10-21(25)20(14-19)22-4-2-3-11-26-22;25-21-12-11-19(15-20(21)22-5-1-3-13-26-22)28-24(29)18-9-7-17(8-10-18)16-32(30,31)23-6-2-4-14-27-23;23-18-7-5-15(12-17(18)20-3-1-2-8-25-20)29-21(30)16-6-4-14(11-19(16)24)13-28-22-26-9-10-27-22;23-19-9-8-17(13-18(19)20-3-1-2-10-24-20)28-21(29)16-6-4-15(5-7-16)14-27-22-25-11-12-26-22/h2-11,14H,12-13,15-16H2,1H3,(H,27,31);1-15H,16H2,(H,28,29);1-8,11-12H,9-10,13H2,(H,29,30)(H2,26,27,28);1-10,13H,11-12,14H2,(H,28,29)(H2,25,26,27). The number of benzene rings is 8. The maximum absolute atomic E-state index is 12.8. The molecule has 0 aliphatic carbocycles. The number of piperazine rings is 1. The van der Waals surface area contributed by atoms with Crippen LogP contribution >= 0.6 is 58.0 Å². The second-order valence-electron chi connectivity index (χ2n) is 27.9. The lowest BCUT2D eigenvalue weighted by atomic mass is 10.1. The molecule has 0 radical (unpaired) electrons. The van der Waals surface area contributed by atoms with E-state index in [4.69, 9.17) is 58.0 Å². The second kappa shape index (κ2) is 42.1. The topological polar surface area (TPSA) is 311 Å². The first kappa shape index (κ1) is 86.6. The van der Waals surface area contributed by atoms with Gasteiger partial charge in [-0.05, 0) is 211 Å². The first-order chi connectivity index (χ1) is 59.2. The van der Waals surface area contributed by atoms with Crippen LogP contribution in [0.4, 0.5) is 22.7 Å². The summed E-state index contributed by atoms with van der Waals surface area (Å²) in [7, 11) is -1.61. The van der Waals surface area contributed by atoms with Crippen LogP contribution in [0, 0.1) is 0 Å². The summed E-state index contributed by atoms with van der Waals surface area (Å²) in [5.41, 5.74) is 13.9. The van der Waals surface area contributed by atoms with E-state index in [1.165, 1.54) is 12.3 Å². The number of nitrogens with zero attached hydrogens (tertiary/aromatic N) is 9. The molecule has 3 aliphatic heterocycles. The summed E-state index contributed by atoms with van der Waals surface area (Å²) in [4.78, 5) is 96.5. The van der Waals surface area contributed by atoms with Gasteiger partial charge in [-0.15, -0.1) is 0 Å². The summed E-state index contributed by atoms with van der Waals surface area (Å²) in [5.74, 6) is 0.516. The Morgan fingerprint density at radius 2 is 0.762 bits per heavy atom. The zero-order valence-corrected chi connectivity index (χ0v) is 70.2. The molecular formula is C92H80Cl5N17O7S. The second-order valence-corrected chi connectivity index (χ2v) is 31.8. The molecule has 0 spiro atoms. The van der Waals surface area contributed by atoms with Crippen LogP contribution in [0.25, 0.3) is 45.0 Å². The van der Waals surface area contributed by atoms with Crippen LogP contribution in [0.3, 0.4) is 0 Å². The highest BCUT2D eigenvalue weighted by Gasteiger charge is 2.24. The van der Waals surface area contributed by atoms with E-state index in [9.17, 15) is 32.4 Å². The van der Waals surface area contributed by atoms with E-state index < -0.39 is 9.84 Å². The van der Waals surface area contributed by atoms with Crippen molar-refractivity contribution in [2.75, 3.05) is 74.1 Å². The molecule has 8 heterocycles. The predicted octanol–water partition coefficient (Wildman–Crippen LogP) is 17.0. The Balaban J connectivity index is 0.000000140. The van der Waals surface area contributed by atoms with Gasteiger partial charge in [0.15, 0.2) is 26.8 Å². The molecule has 8 N–H and O–H groups in total. The summed E-state index contributed by atoms with van der Waals surface area (Å²) < 4.78 is 25.0. The molecule has 8 aromatic carbocycles. The Kier molecular flexibility index (Phi) is 29.9. The largest absolute Gasteiger partial charge is 0.355 e. The molecule has 0 atom stereocenters. The highest BCUT2D eigenvalue weighted by atomic mass is 35.5. The Hall–Kier alpha value is -13.2. The maximum atomic E-state index is 12.8. The first-order valence-corrected chi connectivity index (χ1v) is 42.0. The van der Waals surface area contributed by atoms with Gasteiger partial charge in [0.2, 0.25) is 5.91 Å². The number of aromatic nitrogens is 5. The van der Waals surface area contributed by atoms with Crippen LogP contribution in [-0.2, 0) is 40.0 Å². The van der Waals surface area contributed by atoms with Crippen LogP contribution in [0.5, 0.6) is 0 Å². The summed E-state index contributed by atoms with van der Waals surface area (Å²) in [6.07, 6.45) is 8.22. The summed E-state index contributed by atoms with van der Waals surface area (Å²) in [6, 6.07) is 74.8. The van der Waals surface area contributed by atoms with Crippen molar-refractivity contribution in [3.05, 3.63) is 355 Å². The molecule has 3 aliphatic rings. The molecule has 5 aromatic heterocycles. The third-order valence-corrected chi connectivity index (χ3v) is 22.3. The van der Waals surface area contributed by atoms with E-state index in [2.05, 4.69) is 77.4 Å². The zero-order valence-electron chi connectivity index (χ0n) is 65.6. The Morgan fingerprint density at radius 3 is 1.12 bits per heavy atom. The third kappa shape index (κ3) is 24.3. The number of carbonyl (C=O) groups is 5. The molecule has 13 aromatic rings. The van der Waals surface area contributed by atoms with Gasteiger partial charge in [0.05, 0.1) is 78.8 Å². The smallest absolute Gasteiger partial charge is 0.257 e. The highest BCUT2D eigenvalue weighted by molar-refractivity contribution is 7.90. The number of sulfone groups is 1. The number of halogens is 5. The zero-order chi connectivity index (χ0) is 85.3. The average Bonchev–Trinajstić information content (AvgIpc) is 0.984. The van der Waals surface area contributed by atoms with E-state index in [1.54, 1.807) is 146 Å². The van der Waals surface area contributed by atoms with Crippen molar-refractivity contribution < 1.29 is 32.4 Å². The van der Waals surface area contributed by atoms with Gasteiger partial charge in [-0.1, -0.05) is 131 Å². The fraction of sp³-hybridized carbons (Fsp3) is 0.130. The van der Waals surface area contributed by atoms with Crippen molar-refractivity contribution in [3.63, 3.8) is 0 Å². The van der Waals surface area contributed by atoms with Gasteiger partial charge >= 0.3 is 0 Å². The number of pyridine rings is 5.